The Kier molecular flexibility index (Phi) is 2.90. The highest BCUT2D eigenvalue weighted by atomic mass is 15.2. The highest BCUT2D eigenvalue weighted by Gasteiger charge is 2.12. The van der Waals surface area contributed by atoms with E-state index in [1.54, 1.807) is 0 Å². The molecular weight excluding hydrogens is 136 g/mol. The Labute approximate surface area is 67.9 Å². The Hall–Kier alpha value is -1.05. The predicted molar refractivity (Wildman–Crippen MR) is 48.9 cm³/mol. The molecule has 1 aliphatic rings. The Morgan fingerprint density at radius 2 is 2.27 bits per heavy atom. The van der Waals surface area contributed by atoms with E-state index < -0.39 is 0 Å². The van der Waals surface area contributed by atoms with Gasteiger partial charge in [-0.25, -0.2) is 0 Å². The summed E-state index contributed by atoms with van der Waals surface area (Å²) in [5, 5.41) is 0. The smallest absolute Gasteiger partial charge is 0.103 e. The molecule has 0 saturated heterocycles. The first-order chi connectivity index (χ1) is 5.38. The molecule has 0 saturated carbocycles. The van der Waals surface area contributed by atoms with Gasteiger partial charge in [-0.05, 0) is 0 Å². The summed E-state index contributed by atoms with van der Waals surface area (Å²) in [6.07, 6.45) is 4.68. The number of aliphatic imine (C=N–C) groups is 1. The lowest BCUT2D eigenvalue weighted by Crippen LogP contribution is -2.27. The minimum atomic E-state index is 0.883. The number of rotatable bonds is 4. The van der Waals surface area contributed by atoms with Crippen LogP contribution in [0.15, 0.2) is 30.3 Å². The first kappa shape index (κ1) is 8.05. The van der Waals surface area contributed by atoms with E-state index in [4.69, 9.17) is 0 Å². The van der Waals surface area contributed by atoms with Crippen molar-refractivity contribution in [3.63, 3.8) is 0 Å². The minimum absolute atomic E-state index is 0.883. The topological polar surface area (TPSA) is 15.6 Å². The van der Waals surface area contributed by atoms with Gasteiger partial charge in [0.05, 0.1) is 6.54 Å². The molecule has 1 aliphatic heterocycles. The van der Waals surface area contributed by atoms with Crippen LogP contribution in [0.2, 0.25) is 0 Å². The minimum Gasteiger partial charge on any atom is -0.355 e. The van der Waals surface area contributed by atoms with E-state index in [-0.39, 0.29) is 0 Å². The predicted octanol–water partition coefficient (Wildman–Crippen LogP) is 1.46. The fourth-order valence-electron chi connectivity index (χ4n) is 1.20. The van der Waals surface area contributed by atoms with E-state index in [2.05, 4.69) is 23.1 Å². The molecule has 0 fully saturated rings. The van der Waals surface area contributed by atoms with Gasteiger partial charge in [0.25, 0.3) is 0 Å². The van der Waals surface area contributed by atoms with Crippen molar-refractivity contribution in [3.05, 3.63) is 25.3 Å². The second kappa shape index (κ2) is 3.96. The third-order valence-corrected chi connectivity index (χ3v) is 1.71. The molecule has 0 spiro atoms. The van der Waals surface area contributed by atoms with Gasteiger partial charge in [0.15, 0.2) is 0 Å². The van der Waals surface area contributed by atoms with E-state index in [0.29, 0.717) is 0 Å². The maximum Gasteiger partial charge on any atom is 0.103 e. The van der Waals surface area contributed by atoms with Crippen LogP contribution in [0.1, 0.15) is 6.42 Å². The van der Waals surface area contributed by atoms with E-state index in [1.807, 2.05) is 12.2 Å². The maximum absolute atomic E-state index is 4.35. The van der Waals surface area contributed by atoms with Crippen molar-refractivity contribution in [2.75, 3.05) is 19.6 Å². The average Bonchev–Trinajstić information content (AvgIpc) is 2.39. The first-order valence-electron chi connectivity index (χ1n) is 3.88. The van der Waals surface area contributed by atoms with E-state index in [9.17, 15) is 0 Å². The summed E-state index contributed by atoms with van der Waals surface area (Å²) < 4.78 is 0. The lowest BCUT2D eigenvalue weighted by molar-refractivity contribution is 0.501. The normalized spacial score (nSPS) is 16.4. The number of hydrogen-bond donors (Lipinski definition) is 0. The highest BCUT2D eigenvalue weighted by molar-refractivity contribution is 5.85. The first-order valence-corrected chi connectivity index (χ1v) is 3.88. The third-order valence-electron chi connectivity index (χ3n) is 1.71. The molecule has 0 radical (unpaired) electrons. The van der Waals surface area contributed by atoms with Gasteiger partial charge in [-0.2, -0.15) is 0 Å². The molecule has 1 heterocycles. The van der Waals surface area contributed by atoms with Crippen molar-refractivity contribution in [2.24, 2.45) is 4.99 Å². The van der Waals surface area contributed by atoms with Gasteiger partial charge in [-0.1, -0.05) is 12.2 Å². The SMILES string of the molecule is C=CCC1=NCCN1CC=C. The second-order valence-electron chi connectivity index (χ2n) is 2.53. The molecule has 1 rings (SSSR count). The van der Waals surface area contributed by atoms with Crippen LogP contribution in [0.25, 0.3) is 0 Å². The Morgan fingerprint density at radius 3 is 2.91 bits per heavy atom. The van der Waals surface area contributed by atoms with Crippen molar-refractivity contribution in [1.29, 1.82) is 0 Å². The van der Waals surface area contributed by atoms with E-state index in [0.717, 1.165) is 31.9 Å². The lowest BCUT2D eigenvalue weighted by atomic mass is 10.3. The van der Waals surface area contributed by atoms with E-state index >= 15 is 0 Å². The third kappa shape index (κ3) is 1.93. The van der Waals surface area contributed by atoms with Crippen LogP contribution in [-0.2, 0) is 0 Å². The number of nitrogens with zero attached hydrogens (tertiary/aromatic N) is 2. The summed E-state index contributed by atoms with van der Waals surface area (Å²) >= 11 is 0. The zero-order valence-electron chi connectivity index (χ0n) is 6.79. The summed E-state index contributed by atoms with van der Waals surface area (Å²) in [4.78, 5) is 6.58. The zero-order valence-corrected chi connectivity index (χ0v) is 6.79. The number of amidine groups is 1. The van der Waals surface area contributed by atoms with Crippen LogP contribution in [0.4, 0.5) is 0 Å². The fraction of sp³-hybridized carbons (Fsp3) is 0.444. The molecule has 0 atom stereocenters. The fourth-order valence-corrected chi connectivity index (χ4v) is 1.20. The van der Waals surface area contributed by atoms with Gasteiger partial charge in [-0.15, -0.1) is 13.2 Å². The summed E-state index contributed by atoms with van der Waals surface area (Å²) in [5.41, 5.74) is 0. The van der Waals surface area contributed by atoms with Gasteiger partial charge in [0.1, 0.15) is 5.84 Å². The van der Waals surface area contributed by atoms with Crippen molar-refractivity contribution in [1.82, 2.24) is 4.90 Å². The molecule has 0 aliphatic carbocycles. The molecular formula is C9H14N2. The summed E-state index contributed by atoms with van der Waals surface area (Å²) in [6.45, 7) is 10.3. The van der Waals surface area contributed by atoms with E-state index in [1.165, 1.54) is 0 Å². The molecule has 0 aromatic heterocycles. The van der Waals surface area contributed by atoms with Crippen LogP contribution in [0.3, 0.4) is 0 Å². The number of hydrogen-bond acceptors (Lipinski definition) is 2. The summed E-state index contributed by atoms with van der Waals surface area (Å²) in [7, 11) is 0. The lowest BCUT2D eigenvalue weighted by Gasteiger charge is -2.16. The standard InChI is InChI=1S/C9H14N2/c1-3-5-9-10-6-8-11(9)7-4-2/h3-4H,1-2,5-8H2. The van der Waals surface area contributed by atoms with Gasteiger partial charge in [0.2, 0.25) is 0 Å². The maximum atomic E-state index is 4.35. The molecule has 0 N–H and O–H groups in total. The zero-order chi connectivity index (χ0) is 8.10. The van der Waals surface area contributed by atoms with Gasteiger partial charge in [0, 0.05) is 19.5 Å². The van der Waals surface area contributed by atoms with Crippen LogP contribution in [0.5, 0.6) is 0 Å². The molecule has 2 nitrogen and oxygen atoms in total. The molecule has 11 heavy (non-hydrogen) atoms. The van der Waals surface area contributed by atoms with Gasteiger partial charge in [-0.3, -0.25) is 4.99 Å². The molecule has 0 aromatic carbocycles. The molecule has 60 valence electrons. The largest absolute Gasteiger partial charge is 0.355 e. The quantitative estimate of drug-likeness (QED) is 0.554. The molecule has 0 amide bonds. The second-order valence-corrected chi connectivity index (χ2v) is 2.53. The Morgan fingerprint density at radius 1 is 1.45 bits per heavy atom. The van der Waals surface area contributed by atoms with Crippen molar-refractivity contribution in [3.8, 4) is 0 Å². The van der Waals surface area contributed by atoms with Crippen LogP contribution < -0.4 is 0 Å². The van der Waals surface area contributed by atoms with Crippen molar-refractivity contribution < 1.29 is 0 Å². The van der Waals surface area contributed by atoms with Crippen LogP contribution in [0, 0.1) is 0 Å². The molecule has 0 unspecified atom stereocenters. The summed E-state index contributed by atoms with van der Waals surface area (Å²) in [5.74, 6) is 1.15. The van der Waals surface area contributed by atoms with Crippen molar-refractivity contribution >= 4 is 5.84 Å². The summed E-state index contributed by atoms with van der Waals surface area (Å²) in [6, 6.07) is 0. The average molecular weight is 150 g/mol. The monoisotopic (exact) mass is 150 g/mol. The Bertz CT molecular complexity index is 182. The molecule has 2 heteroatoms. The van der Waals surface area contributed by atoms with Gasteiger partial charge >= 0.3 is 0 Å². The molecule has 0 aromatic rings. The van der Waals surface area contributed by atoms with Gasteiger partial charge < -0.3 is 4.90 Å². The van der Waals surface area contributed by atoms with Crippen LogP contribution >= 0.6 is 0 Å². The molecule has 0 bridgehead atoms. The van der Waals surface area contributed by atoms with Crippen LogP contribution in [-0.4, -0.2) is 30.4 Å². The Balaban J connectivity index is 2.47. The van der Waals surface area contributed by atoms with Crippen molar-refractivity contribution in [2.45, 2.75) is 6.42 Å². The highest BCUT2D eigenvalue weighted by Crippen LogP contribution is 2.04.